The number of carbonyl (C=O) groups excluding carboxylic acids is 1. The first-order valence-corrected chi connectivity index (χ1v) is 3.87. The van der Waals surface area contributed by atoms with Crippen LogP contribution in [0.1, 0.15) is 34.2 Å². The summed E-state index contributed by atoms with van der Waals surface area (Å²) in [5, 5.41) is 8.90. The predicted molar refractivity (Wildman–Crippen MR) is 46.2 cm³/mol. The molecule has 3 nitrogen and oxygen atoms in total. The van der Waals surface area contributed by atoms with Crippen molar-refractivity contribution in [2.45, 2.75) is 27.4 Å². The molecular formula is C9H13NO2. The summed E-state index contributed by atoms with van der Waals surface area (Å²) in [6.07, 6.45) is 0. The fourth-order valence-corrected chi connectivity index (χ4v) is 1.50. The minimum Gasteiger partial charge on any atom is -0.390 e. The number of hydrogen-bond donors (Lipinski definition) is 2. The monoisotopic (exact) mass is 167 g/mol. The molecule has 0 fully saturated rings. The molecule has 1 aromatic heterocycles. The Morgan fingerprint density at radius 3 is 2.33 bits per heavy atom. The number of nitrogens with one attached hydrogen (secondary N) is 1. The molecule has 0 bridgehead atoms. The van der Waals surface area contributed by atoms with E-state index in [2.05, 4.69) is 4.98 Å². The number of Topliss-reactive ketones (excluding diaryl/α,β-unsaturated/α-hetero) is 1. The molecule has 0 saturated carbocycles. The van der Waals surface area contributed by atoms with Crippen molar-refractivity contribution in [2.24, 2.45) is 0 Å². The summed E-state index contributed by atoms with van der Waals surface area (Å²) in [6, 6.07) is 0. The highest BCUT2D eigenvalue weighted by atomic mass is 16.3. The van der Waals surface area contributed by atoms with Gasteiger partial charge in [-0.2, -0.15) is 0 Å². The van der Waals surface area contributed by atoms with Crippen molar-refractivity contribution < 1.29 is 9.90 Å². The molecule has 0 radical (unpaired) electrons. The molecule has 0 spiro atoms. The largest absolute Gasteiger partial charge is 0.390 e. The number of H-pyrrole nitrogens is 1. The zero-order valence-electron chi connectivity index (χ0n) is 7.56. The van der Waals surface area contributed by atoms with Crippen LogP contribution in [-0.2, 0) is 6.61 Å². The smallest absolute Gasteiger partial charge is 0.161 e. The minimum absolute atomic E-state index is 0.0417. The first kappa shape index (κ1) is 9.00. The third-order valence-electron chi connectivity index (χ3n) is 2.05. The average Bonchev–Trinajstić information content (AvgIpc) is 2.25. The van der Waals surface area contributed by atoms with E-state index in [1.807, 2.05) is 13.8 Å². The molecule has 2 N–H and O–H groups in total. The van der Waals surface area contributed by atoms with Crippen LogP contribution in [-0.4, -0.2) is 15.9 Å². The lowest BCUT2D eigenvalue weighted by Crippen LogP contribution is -1.95. The van der Waals surface area contributed by atoms with Crippen LogP contribution in [0.3, 0.4) is 0 Å². The zero-order chi connectivity index (χ0) is 9.30. The Morgan fingerprint density at radius 2 is 2.08 bits per heavy atom. The molecule has 0 aliphatic heterocycles. The number of aryl methyl sites for hydroxylation is 1. The number of carbonyl (C=O) groups is 1. The molecule has 3 heteroatoms. The third kappa shape index (κ3) is 1.28. The van der Waals surface area contributed by atoms with Crippen LogP contribution in [0.5, 0.6) is 0 Å². The van der Waals surface area contributed by atoms with Gasteiger partial charge in [0.1, 0.15) is 0 Å². The van der Waals surface area contributed by atoms with Crippen LogP contribution < -0.4 is 0 Å². The molecule has 0 aromatic carbocycles. The lowest BCUT2D eigenvalue weighted by Gasteiger charge is -1.95. The van der Waals surface area contributed by atoms with Gasteiger partial charge >= 0.3 is 0 Å². The summed E-state index contributed by atoms with van der Waals surface area (Å²) < 4.78 is 0. The van der Waals surface area contributed by atoms with Crippen LogP contribution >= 0.6 is 0 Å². The molecule has 1 rings (SSSR count). The van der Waals surface area contributed by atoms with E-state index in [0.29, 0.717) is 5.56 Å². The van der Waals surface area contributed by atoms with Crippen LogP contribution in [0.25, 0.3) is 0 Å². The van der Waals surface area contributed by atoms with E-state index in [9.17, 15) is 4.79 Å². The van der Waals surface area contributed by atoms with Crippen molar-refractivity contribution in [1.29, 1.82) is 0 Å². The summed E-state index contributed by atoms with van der Waals surface area (Å²) in [5.74, 6) is 0.0425. The van der Waals surface area contributed by atoms with E-state index in [4.69, 9.17) is 5.11 Å². The van der Waals surface area contributed by atoms with E-state index in [1.165, 1.54) is 6.92 Å². The summed E-state index contributed by atoms with van der Waals surface area (Å²) in [5.41, 5.74) is 3.14. The molecule has 12 heavy (non-hydrogen) atoms. The average molecular weight is 167 g/mol. The summed E-state index contributed by atoms with van der Waals surface area (Å²) in [4.78, 5) is 14.1. The Bertz CT molecular complexity index is 313. The van der Waals surface area contributed by atoms with Gasteiger partial charge in [0.2, 0.25) is 0 Å². The van der Waals surface area contributed by atoms with Crippen LogP contribution in [0, 0.1) is 13.8 Å². The van der Waals surface area contributed by atoms with Crippen molar-refractivity contribution in [3.05, 3.63) is 22.5 Å². The highest BCUT2D eigenvalue weighted by Gasteiger charge is 2.13. The number of aliphatic hydroxyl groups is 1. The normalized spacial score (nSPS) is 10.3. The van der Waals surface area contributed by atoms with Crippen LogP contribution in [0.2, 0.25) is 0 Å². The molecule has 66 valence electrons. The zero-order valence-corrected chi connectivity index (χ0v) is 7.56. The molecule has 0 aliphatic carbocycles. The number of hydrogen-bond acceptors (Lipinski definition) is 2. The molecule has 0 amide bonds. The van der Waals surface area contributed by atoms with E-state index in [1.54, 1.807) is 0 Å². The van der Waals surface area contributed by atoms with Gasteiger partial charge in [0.25, 0.3) is 0 Å². The summed E-state index contributed by atoms with van der Waals surface area (Å²) >= 11 is 0. The molecule has 0 saturated heterocycles. The van der Waals surface area contributed by atoms with Crippen molar-refractivity contribution in [1.82, 2.24) is 4.98 Å². The minimum atomic E-state index is -0.0417. The highest BCUT2D eigenvalue weighted by molar-refractivity contribution is 5.97. The second-order valence-corrected chi connectivity index (χ2v) is 2.94. The molecule has 0 unspecified atom stereocenters. The Morgan fingerprint density at radius 1 is 1.50 bits per heavy atom. The maximum absolute atomic E-state index is 11.1. The van der Waals surface area contributed by atoms with Gasteiger partial charge in [-0.1, -0.05) is 0 Å². The second kappa shape index (κ2) is 3.11. The Balaban J connectivity index is 3.28. The first-order chi connectivity index (χ1) is 5.57. The summed E-state index contributed by atoms with van der Waals surface area (Å²) in [6.45, 7) is 5.17. The van der Waals surface area contributed by atoms with Gasteiger partial charge in [0.15, 0.2) is 5.78 Å². The molecule has 0 atom stereocenters. The van der Waals surface area contributed by atoms with E-state index < -0.39 is 0 Å². The SMILES string of the molecule is CC(=O)c1c(C)[nH]c(CO)c1C. The standard InChI is InChI=1S/C9H13NO2/c1-5-8(4-11)10-6(2)9(5)7(3)12/h10-11H,4H2,1-3H3. The van der Waals surface area contributed by atoms with Crippen molar-refractivity contribution in [2.75, 3.05) is 0 Å². The van der Waals surface area contributed by atoms with Crippen molar-refractivity contribution in [3.63, 3.8) is 0 Å². The van der Waals surface area contributed by atoms with E-state index in [0.717, 1.165) is 17.0 Å². The quantitative estimate of drug-likeness (QED) is 0.653. The van der Waals surface area contributed by atoms with Crippen LogP contribution in [0.4, 0.5) is 0 Å². The van der Waals surface area contributed by atoms with Gasteiger partial charge in [-0.15, -0.1) is 0 Å². The molecule has 0 aliphatic rings. The Kier molecular flexibility index (Phi) is 2.33. The van der Waals surface area contributed by atoms with Gasteiger partial charge in [0, 0.05) is 17.0 Å². The van der Waals surface area contributed by atoms with Crippen molar-refractivity contribution >= 4 is 5.78 Å². The number of aliphatic hydroxyl groups excluding tert-OH is 1. The number of ketones is 1. The lowest BCUT2D eigenvalue weighted by molar-refractivity contribution is 0.101. The van der Waals surface area contributed by atoms with Gasteiger partial charge in [-0.3, -0.25) is 4.79 Å². The fourth-order valence-electron chi connectivity index (χ4n) is 1.50. The lowest BCUT2D eigenvalue weighted by atomic mass is 10.1. The number of rotatable bonds is 2. The van der Waals surface area contributed by atoms with Gasteiger partial charge in [-0.05, 0) is 26.3 Å². The van der Waals surface area contributed by atoms with Crippen molar-refractivity contribution in [3.8, 4) is 0 Å². The fraction of sp³-hybridized carbons (Fsp3) is 0.444. The van der Waals surface area contributed by atoms with Gasteiger partial charge < -0.3 is 10.1 Å². The Labute approximate surface area is 71.4 Å². The molecule has 1 aromatic rings. The highest BCUT2D eigenvalue weighted by Crippen LogP contribution is 2.17. The summed E-state index contributed by atoms with van der Waals surface area (Å²) in [7, 11) is 0. The maximum atomic E-state index is 11.1. The molecular weight excluding hydrogens is 154 g/mol. The predicted octanol–water partition coefficient (Wildman–Crippen LogP) is 1.33. The van der Waals surface area contributed by atoms with Gasteiger partial charge in [0.05, 0.1) is 6.61 Å². The third-order valence-corrected chi connectivity index (χ3v) is 2.05. The van der Waals surface area contributed by atoms with Gasteiger partial charge in [-0.25, -0.2) is 0 Å². The number of aromatic amines is 1. The van der Waals surface area contributed by atoms with E-state index >= 15 is 0 Å². The van der Waals surface area contributed by atoms with Crippen LogP contribution in [0.15, 0.2) is 0 Å². The first-order valence-electron chi connectivity index (χ1n) is 3.87. The number of aromatic nitrogens is 1. The topological polar surface area (TPSA) is 53.1 Å². The maximum Gasteiger partial charge on any atom is 0.161 e. The Hall–Kier alpha value is -1.09. The van der Waals surface area contributed by atoms with E-state index in [-0.39, 0.29) is 12.4 Å². The second-order valence-electron chi connectivity index (χ2n) is 2.94. The molecule has 1 heterocycles.